The lowest BCUT2D eigenvalue weighted by atomic mass is 10.1. The van der Waals surface area contributed by atoms with Gasteiger partial charge >= 0.3 is 0 Å². The Hall–Kier alpha value is -2.12. The molecular weight excluding hydrogens is 316 g/mol. The summed E-state index contributed by atoms with van der Waals surface area (Å²) < 4.78 is 16.4. The van der Waals surface area contributed by atoms with E-state index in [1.807, 2.05) is 5.38 Å². The molecule has 1 aromatic carbocycles. The lowest BCUT2D eigenvalue weighted by Crippen LogP contribution is -2.40. The molecule has 0 aliphatic carbocycles. The summed E-state index contributed by atoms with van der Waals surface area (Å²) in [6.45, 7) is 2.76. The minimum Gasteiger partial charge on any atom is -0.493 e. The molecule has 1 aromatic heterocycles. The first kappa shape index (κ1) is 15.8. The highest BCUT2D eigenvalue weighted by molar-refractivity contribution is 7.07. The average Bonchev–Trinajstić information content (AvgIpc) is 3.13. The van der Waals surface area contributed by atoms with Crippen molar-refractivity contribution in [3.05, 3.63) is 40.3 Å². The molecule has 7 heteroatoms. The molecule has 0 spiro atoms. The maximum atomic E-state index is 12.5. The van der Waals surface area contributed by atoms with E-state index < -0.39 is 0 Å². The first-order valence-electron chi connectivity index (χ1n) is 7.33. The van der Waals surface area contributed by atoms with E-state index in [-0.39, 0.29) is 5.91 Å². The number of aromatic nitrogens is 1. The second kappa shape index (κ2) is 7.43. The van der Waals surface area contributed by atoms with Crippen LogP contribution in [0.15, 0.2) is 29.1 Å². The second-order valence-electron chi connectivity index (χ2n) is 5.04. The molecule has 1 aliphatic heterocycles. The van der Waals surface area contributed by atoms with E-state index >= 15 is 0 Å². The highest BCUT2D eigenvalue weighted by atomic mass is 32.1. The predicted molar refractivity (Wildman–Crippen MR) is 86.2 cm³/mol. The Balaban J connectivity index is 1.72. The van der Waals surface area contributed by atoms with Crippen LogP contribution in [0.5, 0.6) is 11.5 Å². The number of ether oxygens (including phenoxy) is 3. The van der Waals surface area contributed by atoms with E-state index in [9.17, 15) is 4.79 Å². The SMILES string of the molecule is COc1cc(C(=O)N2CCOCC2)ccc1OCc1cscn1. The number of hydrogen-bond donors (Lipinski definition) is 0. The van der Waals surface area contributed by atoms with Gasteiger partial charge in [-0.3, -0.25) is 4.79 Å². The van der Waals surface area contributed by atoms with Crippen molar-refractivity contribution in [2.45, 2.75) is 6.61 Å². The lowest BCUT2D eigenvalue weighted by Gasteiger charge is -2.27. The van der Waals surface area contributed by atoms with E-state index in [1.165, 1.54) is 11.3 Å². The fraction of sp³-hybridized carbons (Fsp3) is 0.375. The minimum absolute atomic E-state index is 0.0161. The van der Waals surface area contributed by atoms with Gasteiger partial charge in [0.05, 0.1) is 31.5 Å². The van der Waals surface area contributed by atoms with Crippen LogP contribution in [0.3, 0.4) is 0 Å². The highest BCUT2D eigenvalue weighted by Gasteiger charge is 2.20. The summed E-state index contributed by atoms with van der Waals surface area (Å²) >= 11 is 1.52. The standard InChI is InChI=1S/C16H18N2O4S/c1-20-15-8-12(16(19)18-4-6-21-7-5-18)2-3-14(15)22-9-13-10-23-11-17-13/h2-3,8,10-11H,4-7,9H2,1H3. The number of hydrogen-bond acceptors (Lipinski definition) is 6. The number of amides is 1. The minimum atomic E-state index is -0.0161. The summed E-state index contributed by atoms with van der Waals surface area (Å²) in [5, 5.41) is 1.93. The van der Waals surface area contributed by atoms with Gasteiger partial charge in [-0.05, 0) is 18.2 Å². The lowest BCUT2D eigenvalue weighted by molar-refractivity contribution is 0.0302. The molecule has 1 fully saturated rings. The molecule has 0 atom stereocenters. The van der Waals surface area contributed by atoms with Gasteiger partial charge in [0.25, 0.3) is 5.91 Å². The Morgan fingerprint density at radius 2 is 2.17 bits per heavy atom. The van der Waals surface area contributed by atoms with Crippen LogP contribution < -0.4 is 9.47 Å². The molecular formula is C16H18N2O4S. The maximum absolute atomic E-state index is 12.5. The number of rotatable bonds is 5. The van der Waals surface area contributed by atoms with Gasteiger partial charge < -0.3 is 19.1 Å². The quantitative estimate of drug-likeness (QED) is 0.839. The zero-order chi connectivity index (χ0) is 16.1. The zero-order valence-electron chi connectivity index (χ0n) is 12.9. The Morgan fingerprint density at radius 3 is 2.87 bits per heavy atom. The molecule has 122 valence electrons. The van der Waals surface area contributed by atoms with Crippen molar-refractivity contribution in [2.24, 2.45) is 0 Å². The van der Waals surface area contributed by atoms with Gasteiger partial charge in [-0.25, -0.2) is 4.98 Å². The smallest absolute Gasteiger partial charge is 0.254 e. The summed E-state index contributed by atoms with van der Waals surface area (Å²) in [7, 11) is 1.56. The predicted octanol–water partition coefficient (Wildman–Crippen LogP) is 2.20. The fourth-order valence-corrected chi connectivity index (χ4v) is 2.87. The topological polar surface area (TPSA) is 60.9 Å². The summed E-state index contributed by atoms with van der Waals surface area (Å²) in [6.07, 6.45) is 0. The third-order valence-corrected chi connectivity index (χ3v) is 4.20. The van der Waals surface area contributed by atoms with Crippen LogP contribution in [0, 0.1) is 0 Å². The zero-order valence-corrected chi connectivity index (χ0v) is 13.7. The van der Waals surface area contributed by atoms with Gasteiger partial charge in [0.1, 0.15) is 6.61 Å². The monoisotopic (exact) mass is 334 g/mol. The molecule has 1 saturated heterocycles. The van der Waals surface area contributed by atoms with Crippen molar-refractivity contribution in [1.29, 1.82) is 0 Å². The van der Waals surface area contributed by atoms with Gasteiger partial charge in [0.2, 0.25) is 0 Å². The summed E-state index contributed by atoms with van der Waals surface area (Å²) in [5.41, 5.74) is 3.22. The van der Waals surface area contributed by atoms with Gasteiger partial charge in [-0.1, -0.05) is 0 Å². The van der Waals surface area contributed by atoms with Gasteiger partial charge in [-0.15, -0.1) is 11.3 Å². The van der Waals surface area contributed by atoms with Crippen molar-refractivity contribution in [2.75, 3.05) is 33.4 Å². The van der Waals surface area contributed by atoms with Crippen LogP contribution >= 0.6 is 11.3 Å². The Kier molecular flexibility index (Phi) is 5.09. The van der Waals surface area contributed by atoms with Crippen molar-refractivity contribution in [3.63, 3.8) is 0 Å². The molecule has 2 heterocycles. The third kappa shape index (κ3) is 3.80. The summed E-state index contributed by atoms with van der Waals surface area (Å²) in [6, 6.07) is 5.24. The fourth-order valence-electron chi connectivity index (χ4n) is 2.33. The van der Waals surface area contributed by atoms with Crippen molar-refractivity contribution in [1.82, 2.24) is 9.88 Å². The number of benzene rings is 1. The average molecular weight is 334 g/mol. The number of thiazole rings is 1. The number of carbonyl (C=O) groups is 1. The number of carbonyl (C=O) groups excluding carboxylic acids is 1. The molecule has 3 rings (SSSR count). The second-order valence-corrected chi connectivity index (χ2v) is 5.76. The van der Waals surface area contributed by atoms with E-state index in [2.05, 4.69) is 4.98 Å². The van der Waals surface area contributed by atoms with Crippen molar-refractivity contribution < 1.29 is 19.0 Å². The van der Waals surface area contributed by atoms with Crippen LogP contribution in [-0.4, -0.2) is 49.2 Å². The van der Waals surface area contributed by atoms with Crippen LogP contribution in [0.25, 0.3) is 0 Å². The van der Waals surface area contributed by atoms with Gasteiger partial charge in [0.15, 0.2) is 11.5 Å². The van der Waals surface area contributed by atoms with E-state index in [0.717, 1.165) is 5.69 Å². The van der Waals surface area contributed by atoms with Crippen LogP contribution in [0.2, 0.25) is 0 Å². The molecule has 6 nitrogen and oxygen atoms in total. The molecule has 0 radical (unpaired) electrons. The Labute approximate surface area is 138 Å². The summed E-state index contributed by atoms with van der Waals surface area (Å²) in [4.78, 5) is 18.4. The highest BCUT2D eigenvalue weighted by Crippen LogP contribution is 2.29. The summed E-state index contributed by atoms with van der Waals surface area (Å²) in [5.74, 6) is 1.12. The third-order valence-electron chi connectivity index (χ3n) is 3.57. The molecule has 1 amide bonds. The first-order chi connectivity index (χ1) is 11.3. The number of methoxy groups -OCH3 is 1. The number of nitrogens with zero attached hydrogens (tertiary/aromatic N) is 2. The molecule has 0 unspecified atom stereocenters. The van der Waals surface area contributed by atoms with E-state index in [4.69, 9.17) is 14.2 Å². The van der Waals surface area contributed by atoms with Gasteiger partial charge in [-0.2, -0.15) is 0 Å². The van der Waals surface area contributed by atoms with Crippen molar-refractivity contribution in [3.8, 4) is 11.5 Å². The van der Waals surface area contributed by atoms with E-state index in [1.54, 1.807) is 35.7 Å². The molecule has 0 bridgehead atoms. The van der Waals surface area contributed by atoms with Crippen LogP contribution in [0.1, 0.15) is 16.1 Å². The largest absolute Gasteiger partial charge is 0.493 e. The first-order valence-corrected chi connectivity index (χ1v) is 8.27. The molecule has 0 N–H and O–H groups in total. The Bertz CT molecular complexity index is 654. The molecule has 23 heavy (non-hydrogen) atoms. The van der Waals surface area contributed by atoms with Crippen molar-refractivity contribution >= 4 is 17.2 Å². The molecule has 0 saturated carbocycles. The van der Waals surface area contributed by atoms with Gasteiger partial charge in [0, 0.05) is 24.0 Å². The Morgan fingerprint density at radius 1 is 1.35 bits per heavy atom. The normalized spacial score (nSPS) is 14.6. The number of morpholine rings is 1. The van der Waals surface area contributed by atoms with Crippen LogP contribution in [-0.2, 0) is 11.3 Å². The molecule has 1 aliphatic rings. The maximum Gasteiger partial charge on any atom is 0.254 e. The van der Waals surface area contributed by atoms with Crippen LogP contribution in [0.4, 0.5) is 0 Å². The van der Waals surface area contributed by atoms with E-state index in [0.29, 0.717) is 50.0 Å². The molecule has 2 aromatic rings.